The van der Waals surface area contributed by atoms with E-state index in [1.165, 1.54) is 32.1 Å². The lowest BCUT2D eigenvalue weighted by Gasteiger charge is -2.21. The van der Waals surface area contributed by atoms with Crippen molar-refractivity contribution in [3.63, 3.8) is 0 Å². The standard InChI is InChI=1S/C12H25NO/c1-10(2)14-9-12(13-3)8-11-6-4-5-7-11/h10-13H,4-9H2,1-3H3. The number of likely N-dealkylation sites (N-methyl/N-ethyl adjacent to an activating group) is 1. The molecular weight excluding hydrogens is 174 g/mol. The summed E-state index contributed by atoms with van der Waals surface area (Å²) in [7, 11) is 2.04. The molecule has 84 valence electrons. The van der Waals surface area contributed by atoms with Crippen molar-refractivity contribution in [3.05, 3.63) is 0 Å². The van der Waals surface area contributed by atoms with Crippen molar-refractivity contribution in [2.75, 3.05) is 13.7 Å². The highest BCUT2D eigenvalue weighted by Gasteiger charge is 2.19. The molecule has 1 aliphatic carbocycles. The number of rotatable bonds is 6. The lowest BCUT2D eigenvalue weighted by atomic mass is 9.99. The van der Waals surface area contributed by atoms with Crippen LogP contribution in [-0.2, 0) is 4.74 Å². The van der Waals surface area contributed by atoms with E-state index in [9.17, 15) is 0 Å². The van der Waals surface area contributed by atoms with E-state index in [4.69, 9.17) is 4.74 Å². The third-order valence-corrected chi connectivity index (χ3v) is 3.13. The molecule has 2 heteroatoms. The van der Waals surface area contributed by atoms with Gasteiger partial charge in [-0.1, -0.05) is 25.7 Å². The van der Waals surface area contributed by atoms with Crippen LogP contribution in [0, 0.1) is 5.92 Å². The second kappa shape index (κ2) is 6.41. The van der Waals surface area contributed by atoms with E-state index >= 15 is 0 Å². The van der Waals surface area contributed by atoms with Crippen LogP contribution in [0.25, 0.3) is 0 Å². The van der Waals surface area contributed by atoms with E-state index in [1.807, 2.05) is 7.05 Å². The molecule has 1 rings (SSSR count). The maximum Gasteiger partial charge on any atom is 0.0623 e. The molecule has 0 radical (unpaired) electrons. The summed E-state index contributed by atoms with van der Waals surface area (Å²) in [6.07, 6.45) is 7.38. The Hall–Kier alpha value is -0.0800. The molecule has 0 bridgehead atoms. The fourth-order valence-electron chi connectivity index (χ4n) is 2.23. The third-order valence-electron chi connectivity index (χ3n) is 3.13. The van der Waals surface area contributed by atoms with Gasteiger partial charge in [-0.25, -0.2) is 0 Å². The van der Waals surface area contributed by atoms with E-state index in [0.717, 1.165) is 12.5 Å². The lowest BCUT2D eigenvalue weighted by molar-refractivity contribution is 0.0578. The Bertz CT molecular complexity index is 141. The smallest absolute Gasteiger partial charge is 0.0623 e. The van der Waals surface area contributed by atoms with Crippen LogP contribution < -0.4 is 5.32 Å². The first-order chi connectivity index (χ1) is 6.72. The Morgan fingerprint density at radius 2 is 1.93 bits per heavy atom. The molecular formula is C12H25NO. The van der Waals surface area contributed by atoms with Crippen LogP contribution in [0.2, 0.25) is 0 Å². The molecule has 1 saturated carbocycles. The van der Waals surface area contributed by atoms with Gasteiger partial charge < -0.3 is 10.1 Å². The predicted molar refractivity (Wildman–Crippen MR) is 60.5 cm³/mol. The van der Waals surface area contributed by atoms with Crippen LogP contribution >= 0.6 is 0 Å². The van der Waals surface area contributed by atoms with Crippen LogP contribution in [0.1, 0.15) is 46.0 Å². The summed E-state index contributed by atoms with van der Waals surface area (Å²) >= 11 is 0. The molecule has 0 heterocycles. The molecule has 0 aromatic carbocycles. The highest BCUT2D eigenvalue weighted by Crippen LogP contribution is 2.28. The fraction of sp³-hybridized carbons (Fsp3) is 1.00. The van der Waals surface area contributed by atoms with Gasteiger partial charge in [0.25, 0.3) is 0 Å². The fourth-order valence-corrected chi connectivity index (χ4v) is 2.23. The van der Waals surface area contributed by atoms with Crippen LogP contribution in [0.15, 0.2) is 0 Å². The third kappa shape index (κ3) is 4.43. The molecule has 0 amide bonds. The van der Waals surface area contributed by atoms with Gasteiger partial charge in [0, 0.05) is 6.04 Å². The van der Waals surface area contributed by atoms with Crippen molar-refractivity contribution >= 4 is 0 Å². The summed E-state index contributed by atoms with van der Waals surface area (Å²) in [6.45, 7) is 5.06. The molecule has 0 aliphatic heterocycles. The molecule has 2 nitrogen and oxygen atoms in total. The van der Waals surface area contributed by atoms with Gasteiger partial charge in [-0.3, -0.25) is 0 Å². The molecule has 0 aromatic rings. The second-order valence-corrected chi connectivity index (χ2v) is 4.75. The molecule has 0 spiro atoms. The first kappa shape index (κ1) is 12.0. The number of hydrogen-bond donors (Lipinski definition) is 1. The monoisotopic (exact) mass is 199 g/mol. The number of nitrogens with one attached hydrogen (secondary N) is 1. The zero-order valence-corrected chi connectivity index (χ0v) is 9.88. The zero-order valence-electron chi connectivity index (χ0n) is 9.88. The topological polar surface area (TPSA) is 21.3 Å². The summed E-state index contributed by atoms with van der Waals surface area (Å²) in [4.78, 5) is 0. The van der Waals surface area contributed by atoms with E-state index in [-0.39, 0.29) is 0 Å². The predicted octanol–water partition coefficient (Wildman–Crippen LogP) is 2.58. The van der Waals surface area contributed by atoms with Crippen molar-refractivity contribution in [1.82, 2.24) is 5.32 Å². The van der Waals surface area contributed by atoms with Crippen LogP contribution in [0.4, 0.5) is 0 Å². The van der Waals surface area contributed by atoms with Gasteiger partial charge in [-0.15, -0.1) is 0 Å². The quantitative estimate of drug-likeness (QED) is 0.710. The Kier molecular flexibility index (Phi) is 5.49. The van der Waals surface area contributed by atoms with E-state index in [0.29, 0.717) is 12.1 Å². The van der Waals surface area contributed by atoms with E-state index in [2.05, 4.69) is 19.2 Å². The minimum absolute atomic E-state index is 0.356. The van der Waals surface area contributed by atoms with Crippen molar-refractivity contribution in [2.45, 2.75) is 58.1 Å². The summed E-state index contributed by atoms with van der Waals surface area (Å²) in [5.74, 6) is 0.947. The lowest BCUT2D eigenvalue weighted by Crippen LogP contribution is -2.33. The summed E-state index contributed by atoms with van der Waals surface area (Å²) < 4.78 is 5.64. The van der Waals surface area contributed by atoms with Crippen molar-refractivity contribution < 1.29 is 4.74 Å². The number of hydrogen-bond acceptors (Lipinski definition) is 2. The molecule has 0 aromatic heterocycles. The zero-order chi connectivity index (χ0) is 10.4. The normalized spacial score (nSPS) is 20.6. The maximum atomic E-state index is 5.64. The molecule has 1 aliphatic rings. The van der Waals surface area contributed by atoms with Crippen molar-refractivity contribution in [3.8, 4) is 0 Å². The highest BCUT2D eigenvalue weighted by atomic mass is 16.5. The first-order valence-corrected chi connectivity index (χ1v) is 6.01. The average molecular weight is 199 g/mol. The van der Waals surface area contributed by atoms with Gasteiger partial charge in [0.15, 0.2) is 0 Å². The maximum absolute atomic E-state index is 5.64. The van der Waals surface area contributed by atoms with Gasteiger partial charge in [0.1, 0.15) is 0 Å². The minimum Gasteiger partial charge on any atom is -0.377 e. The van der Waals surface area contributed by atoms with Crippen LogP contribution in [0.3, 0.4) is 0 Å². The van der Waals surface area contributed by atoms with Gasteiger partial charge in [-0.2, -0.15) is 0 Å². The summed E-state index contributed by atoms with van der Waals surface area (Å²) in [5.41, 5.74) is 0. The minimum atomic E-state index is 0.356. The van der Waals surface area contributed by atoms with Crippen molar-refractivity contribution in [2.24, 2.45) is 5.92 Å². The number of ether oxygens (including phenoxy) is 1. The SMILES string of the molecule is CNC(COC(C)C)CC1CCCC1. The second-order valence-electron chi connectivity index (χ2n) is 4.75. The summed E-state index contributed by atoms with van der Waals surface area (Å²) in [6, 6.07) is 0.556. The Labute approximate surface area is 88.4 Å². The Morgan fingerprint density at radius 3 is 2.43 bits per heavy atom. The van der Waals surface area contributed by atoms with Gasteiger partial charge in [0.05, 0.1) is 12.7 Å². The van der Waals surface area contributed by atoms with E-state index in [1.54, 1.807) is 0 Å². The van der Waals surface area contributed by atoms with Crippen LogP contribution in [0.5, 0.6) is 0 Å². The van der Waals surface area contributed by atoms with E-state index < -0.39 is 0 Å². The van der Waals surface area contributed by atoms with Gasteiger partial charge >= 0.3 is 0 Å². The first-order valence-electron chi connectivity index (χ1n) is 6.01. The van der Waals surface area contributed by atoms with Gasteiger partial charge in [-0.05, 0) is 33.2 Å². The Balaban J connectivity index is 2.16. The van der Waals surface area contributed by atoms with Crippen LogP contribution in [-0.4, -0.2) is 25.8 Å². The molecule has 0 saturated heterocycles. The average Bonchev–Trinajstić information content (AvgIpc) is 2.64. The largest absolute Gasteiger partial charge is 0.377 e. The molecule has 1 fully saturated rings. The summed E-state index contributed by atoms with van der Waals surface area (Å²) in [5, 5.41) is 3.36. The highest BCUT2D eigenvalue weighted by molar-refractivity contribution is 4.74. The molecule has 14 heavy (non-hydrogen) atoms. The Morgan fingerprint density at radius 1 is 1.29 bits per heavy atom. The van der Waals surface area contributed by atoms with Gasteiger partial charge in [0.2, 0.25) is 0 Å². The molecule has 1 N–H and O–H groups in total. The van der Waals surface area contributed by atoms with Crippen molar-refractivity contribution in [1.29, 1.82) is 0 Å². The molecule has 1 atom stereocenters. The molecule has 1 unspecified atom stereocenters.